The van der Waals surface area contributed by atoms with Gasteiger partial charge in [0.2, 0.25) is 11.7 Å². The summed E-state index contributed by atoms with van der Waals surface area (Å²) in [4.78, 5) is 11.6. The monoisotopic (exact) mass is 283 g/mol. The van der Waals surface area contributed by atoms with Gasteiger partial charge < -0.3 is 5.32 Å². The average molecular weight is 284 g/mol. The van der Waals surface area contributed by atoms with Gasteiger partial charge in [-0.05, 0) is 29.2 Å². The Morgan fingerprint density at radius 1 is 1.50 bits per heavy atom. The summed E-state index contributed by atoms with van der Waals surface area (Å²) in [5.74, 6) is 0.729. The van der Waals surface area contributed by atoms with E-state index in [2.05, 4.69) is 38.6 Å². The van der Waals surface area contributed by atoms with Crippen LogP contribution < -0.4 is 5.32 Å². The number of H-pyrrole nitrogens is 1. The molecule has 0 spiro atoms. The largest absolute Gasteiger partial charge is 0.325 e. The van der Waals surface area contributed by atoms with E-state index in [1.165, 1.54) is 0 Å². The molecular formula is C10H10ClN5OS. The number of aromatic amines is 1. The molecule has 0 aliphatic rings. The van der Waals surface area contributed by atoms with Crippen LogP contribution in [0.4, 0.5) is 5.69 Å². The molecule has 6 nitrogen and oxygen atoms in total. The number of halogens is 1. The third kappa shape index (κ3) is 2.99. The molecule has 0 aliphatic heterocycles. The van der Waals surface area contributed by atoms with E-state index >= 15 is 0 Å². The van der Waals surface area contributed by atoms with Crippen molar-refractivity contribution in [3.8, 4) is 11.4 Å². The number of benzene rings is 1. The minimum Gasteiger partial charge on any atom is -0.325 e. The molecule has 0 aliphatic carbocycles. The molecule has 1 aromatic carbocycles. The average Bonchev–Trinajstić information content (AvgIpc) is 2.85. The van der Waals surface area contributed by atoms with Crippen LogP contribution in [0.15, 0.2) is 18.2 Å². The molecule has 2 aromatic rings. The molecule has 1 aromatic heterocycles. The summed E-state index contributed by atoms with van der Waals surface area (Å²) in [5.41, 5.74) is 1.20. The molecule has 94 valence electrons. The van der Waals surface area contributed by atoms with Crippen molar-refractivity contribution in [3.63, 3.8) is 0 Å². The zero-order chi connectivity index (χ0) is 13.0. The number of carbonyl (C=O) groups is 1. The highest BCUT2D eigenvalue weighted by atomic mass is 35.5. The van der Waals surface area contributed by atoms with Gasteiger partial charge in [-0.1, -0.05) is 11.6 Å². The lowest BCUT2D eigenvalue weighted by atomic mass is 10.1. The van der Waals surface area contributed by atoms with Crippen LogP contribution in [-0.2, 0) is 4.79 Å². The van der Waals surface area contributed by atoms with E-state index in [1.807, 2.05) is 0 Å². The van der Waals surface area contributed by atoms with Crippen LogP contribution in [-0.4, -0.2) is 32.3 Å². The molecule has 0 unspecified atom stereocenters. The molecule has 2 N–H and O–H groups in total. The zero-order valence-corrected chi connectivity index (χ0v) is 10.9. The number of rotatable bonds is 4. The third-order valence-electron chi connectivity index (χ3n) is 2.18. The number of nitrogens with one attached hydrogen (secondary N) is 2. The van der Waals surface area contributed by atoms with Crippen LogP contribution in [0.3, 0.4) is 0 Å². The SMILES string of the molecule is O=C(CCS)Nc1ccc(Cl)cc1-c1nn[nH]n1. The van der Waals surface area contributed by atoms with Crippen LogP contribution in [0.25, 0.3) is 11.4 Å². The van der Waals surface area contributed by atoms with Crippen LogP contribution in [0, 0.1) is 0 Å². The second-order valence-electron chi connectivity index (χ2n) is 3.45. The van der Waals surface area contributed by atoms with Crippen molar-refractivity contribution in [1.29, 1.82) is 0 Å². The smallest absolute Gasteiger partial charge is 0.225 e. The number of amides is 1. The van der Waals surface area contributed by atoms with Crippen molar-refractivity contribution in [3.05, 3.63) is 23.2 Å². The Balaban J connectivity index is 2.32. The maximum atomic E-state index is 11.6. The minimum absolute atomic E-state index is 0.128. The fourth-order valence-corrected chi connectivity index (χ4v) is 1.78. The highest BCUT2D eigenvalue weighted by Gasteiger charge is 2.12. The van der Waals surface area contributed by atoms with Crippen molar-refractivity contribution >= 4 is 35.8 Å². The fourth-order valence-electron chi connectivity index (χ4n) is 1.40. The number of tetrazole rings is 1. The van der Waals surface area contributed by atoms with Crippen LogP contribution in [0.2, 0.25) is 5.02 Å². The summed E-state index contributed by atoms with van der Waals surface area (Å²) < 4.78 is 0. The second kappa shape index (κ2) is 5.83. The molecule has 0 radical (unpaired) electrons. The highest BCUT2D eigenvalue weighted by molar-refractivity contribution is 7.80. The summed E-state index contributed by atoms with van der Waals surface area (Å²) >= 11 is 9.93. The molecule has 0 atom stereocenters. The fraction of sp³-hybridized carbons (Fsp3) is 0.200. The Morgan fingerprint density at radius 3 is 3.00 bits per heavy atom. The Morgan fingerprint density at radius 2 is 2.33 bits per heavy atom. The standard InChI is InChI=1S/C10H10ClN5OS/c11-6-1-2-8(12-9(17)3-4-18)7(5-6)10-13-15-16-14-10/h1-2,5,18H,3-4H2,(H,12,17)(H,13,14,15,16). The topological polar surface area (TPSA) is 83.6 Å². The normalized spacial score (nSPS) is 10.3. The van der Waals surface area contributed by atoms with Gasteiger partial charge in [-0.2, -0.15) is 17.8 Å². The second-order valence-corrected chi connectivity index (χ2v) is 4.33. The van der Waals surface area contributed by atoms with Gasteiger partial charge in [-0.25, -0.2) is 0 Å². The maximum Gasteiger partial charge on any atom is 0.225 e. The number of thiol groups is 1. The first kappa shape index (κ1) is 12.8. The lowest BCUT2D eigenvalue weighted by Gasteiger charge is -2.08. The summed E-state index contributed by atoms with van der Waals surface area (Å²) in [6.07, 6.45) is 0.331. The summed E-state index contributed by atoms with van der Waals surface area (Å²) in [5, 5.41) is 16.9. The lowest BCUT2D eigenvalue weighted by Crippen LogP contribution is -2.12. The molecule has 2 rings (SSSR count). The Hall–Kier alpha value is -1.60. The molecule has 18 heavy (non-hydrogen) atoms. The Bertz CT molecular complexity index is 545. The molecule has 0 fully saturated rings. The van der Waals surface area contributed by atoms with Gasteiger partial charge in [-0.3, -0.25) is 4.79 Å². The van der Waals surface area contributed by atoms with Gasteiger partial charge >= 0.3 is 0 Å². The van der Waals surface area contributed by atoms with E-state index in [9.17, 15) is 4.79 Å². The third-order valence-corrected chi connectivity index (χ3v) is 2.64. The van der Waals surface area contributed by atoms with Crippen molar-refractivity contribution in [2.75, 3.05) is 11.1 Å². The minimum atomic E-state index is -0.128. The van der Waals surface area contributed by atoms with E-state index < -0.39 is 0 Å². The van der Waals surface area contributed by atoms with Crippen molar-refractivity contribution in [1.82, 2.24) is 20.6 Å². The predicted octanol–water partition coefficient (Wildman–Crippen LogP) is 1.78. The van der Waals surface area contributed by atoms with E-state index in [-0.39, 0.29) is 5.91 Å². The first-order chi connectivity index (χ1) is 8.70. The van der Waals surface area contributed by atoms with Crippen LogP contribution in [0.1, 0.15) is 6.42 Å². The highest BCUT2D eigenvalue weighted by Crippen LogP contribution is 2.28. The van der Waals surface area contributed by atoms with Gasteiger partial charge in [0.15, 0.2) is 0 Å². The summed E-state index contributed by atoms with van der Waals surface area (Å²) in [6, 6.07) is 5.05. The van der Waals surface area contributed by atoms with Gasteiger partial charge in [-0.15, -0.1) is 10.2 Å². The van der Waals surface area contributed by atoms with E-state index in [4.69, 9.17) is 11.6 Å². The van der Waals surface area contributed by atoms with Gasteiger partial charge in [0, 0.05) is 17.0 Å². The molecule has 0 bridgehead atoms. The van der Waals surface area contributed by atoms with Gasteiger partial charge in [0.05, 0.1) is 5.69 Å². The Kier molecular flexibility index (Phi) is 4.16. The quantitative estimate of drug-likeness (QED) is 0.747. The molecular weight excluding hydrogens is 274 g/mol. The zero-order valence-electron chi connectivity index (χ0n) is 9.22. The predicted molar refractivity (Wildman–Crippen MR) is 71.7 cm³/mol. The first-order valence-corrected chi connectivity index (χ1v) is 6.16. The lowest BCUT2D eigenvalue weighted by molar-refractivity contribution is -0.115. The number of nitrogens with zero attached hydrogens (tertiary/aromatic N) is 3. The van der Waals surface area contributed by atoms with E-state index in [1.54, 1.807) is 18.2 Å². The van der Waals surface area contributed by atoms with Crippen molar-refractivity contribution < 1.29 is 4.79 Å². The molecule has 0 saturated heterocycles. The van der Waals surface area contributed by atoms with Gasteiger partial charge in [0.25, 0.3) is 0 Å². The Labute approximate surface area is 114 Å². The van der Waals surface area contributed by atoms with E-state index in [0.717, 1.165) is 0 Å². The number of hydrogen-bond acceptors (Lipinski definition) is 5. The molecule has 8 heteroatoms. The summed E-state index contributed by atoms with van der Waals surface area (Å²) in [7, 11) is 0. The first-order valence-electron chi connectivity index (χ1n) is 5.15. The number of hydrogen-bond donors (Lipinski definition) is 3. The van der Waals surface area contributed by atoms with Crippen molar-refractivity contribution in [2.24, 2.45) is 0 Å². The summed E-state index contributed by atoms with van der Waals surface area (Å²) in [6.45, 7) is 0. The number of carbonyl (C=O) groups excluding carboxylic acids is 1. The molecule has 1 heterocycles. The molecule has 0 saturated carbocycles. The maximum absolute atomic E-state index is 11.6. The van der Waals surface area contributed by atoms with E-state index in [0.29, 0.717) is 34.3 Å². The van der Waals surface area contributed by atoms with Crippen LogP contribution in [0.5, 0.6) is 0 Å². The number of aromatic nitrogens is 4. The van der Waals surface area contributed by atoms with Crippen molar-refractivity contribution in [2.45, 2.75) is 6.42 Å². The molecule has 1 amide bonds. The number of anilines is 1. The van der Waals surface area contributed by atoms with Crippen LogP contribution >= 0.6 is 24.2 Å². The van der Waals surface area contributed by atoms with Gasteiger partial charge in [0.1, 0.15) is 0 Å².